The second-order valence-corrected chi connectivity index (χ2v) is 9.84. The van der Waals surface area contributed by atoms with Crippen molar-refractivity contribution in [2.75, 3.05) is 39.8 Å². The topological polar surface area (TPSA) is 54.8 Å². The van der Waals surface area contributed by atoms with Crippen molar-refractivity contribution < 1.29 is 14.3 Å². The van der Waals surface area contributed by atoms with Gasteiger partial charge in [0.2, 0.25) is 0 Å². The number of Topliss-reactive ketones (excluding diaryl/α,β-unsaturated/α-hetero) is 1. The lowest BCUT2D eigenvalue weighted by Gasteiger charge is -2.34. The quantitative estimate of drug-likeness (QED) is 0.522. The number of aromatic nitrogens is 1. The van der Waals surface area contributed by atoms with Crippen LogP contribution in [0.3, 0.4) is 0 Å². The van der Waals surface area contributed by atoms with E-state index in [1.165, 1.54) is 38.5 Å². The number of carbonyl (C=O) groups excluding carboxylic acids is 2. The predicted molar refractivity (Wildman–Crippen MR) is 131 cm³/mol. The molecule has 1 saturated carbocycles. The van der Waals surface area contributed by atoms with Gasteiger partial charge in [-0.15, -0.1) is 0 Å². The van der Waals surface area contributed by atoms with Gasteiger partial charge in [-0.25, -0.2) is 0 Å². The zero-order valence-corrected chi connectivity index (χ0v) is 21.0. The molecule has 33 heavy (non-hydrogen) atoms. The molecule has 1 aromatic heterocycles. The van der Waals surface area contributed by atoms with Crippen LogP contribution in [-0.4, -0.2) is 65.9 Å². The third kappa shape index (κ3) is 4.79. The predicted octanol–water partition coefficient (Wildman–Crippen LogP) is 5.18. The average molecular weight is 492 g/mol. The molecule has 0 atom stereocenters. The highest BCUT2D eigenvalue weighted by molar-refractivity contribution is 6.37. The van der Waals surface area contributed by atoms with Crippen LogP contribution in [-0.2, 0) is 0 Å². The second-order valence-electron chi connectivity index (χ2n) is 9.02. The zero-order valence-electron chi connectivity index (χ0n) is 19.5. The van der Waals surface area contributed by atoms with E-state index in [0.29, 0.717) is 54.6 Å². The molecule has 178 valence electrons. The van der Waals surface area contributed by atoms with E-state index >= 15 is 0 Å². The molecule has 2 aliphatic rings. The Labute approximate surface area is 205 Å². The number of ether oxygens (including phenoxy) is 1. The largest absolute Gasteiger partial charge is 0.494 e. The van der Waals surface area contributed by atoms with E-state index in [9.17, 15) is 9.59 Å². The van der Waals surface area contributed by atoms with Crippen LogP contribution >= 0.6 is 23.2 Å². The summed E-state index contributed by atoms with van der Waals surface area (Å²) in [5, 5.41) is 0.668. The van der Waals surface area contributed by atoms with Crippen LogP contribution in [0.2, 0.25) is 10.0 Å². The highest BCUT2D eigenvalue weighted by Gasteiger charge is 2.29. The molecule has 2 aromatic rings. The van der Waals surface area contributed by atoms with Crippen molar-refractivity contribution in [3.05, 3.63) is 50.8 Å². The van der Waals surface area contributed by atoms with Crippen LogP contribution in [0.4, 0.5) is 0 Å². The number of piperazine rings is 1. The molecule has 1 saturated heterocycles. The molecule has 0 spiro atoms. The Morgan fingerprint density at radius 2 is 1.67 bits per heavy atom. The van der Waals surface area contributed by atoms with E-state index in [1.54, 1.807) is 17.0 Å². The smallest absolute Gasteiger partial charge is 0.259 e. The van der Waals surface area contributed by atoms with Gasteiger partial charge in [-0.1, -0.05) is 36.0 Å². The Morgan fingerprint density at radius 3 is 2.30 bits per heavy atom. The number of rotatable bonds is 6. The highest BCUT2D eigenvalue weighted by Crippen LogP contribution is 2.35. The van der Waals surface area contributed by atoms with Crippen LogP contribution in [0.25, 0.3) is 0 Å². The minimum Gasteiger partial charge on any atom is -0.494 e. The maximum atomic E-state index is 13.1. The molecular weight excluding hydrogens is 461 g/mol. The van der Waals surface area contributed by atoms with Gasteiger partial charge in [-0.3, -0.25) is 14.5 Å². The molecule has 1 aliphatic heterocycles. The molecular formula is C25H31Cl2N3O3. The van der Waals surface area contributed by atoms with Gasteiger partial charge in [0.25, 0.3) is 5.91 Å². The van der Waals surface area contributed by atoms with Crippen LogP contribution in [0, 0.1) is 13.8 Å². The summed E-state index contributed by atoms with van der Waals surface area (Å²) in [6.45, 7) is 6.80. The summed E-state index contributed by atoms with van der Waals surface area (Å²) < 4.78 is 7.69. The van der Waals surface area contributed by atoms with Gasteiger partial charge in [0.1, 0.15) is 5.56 Å². The fourth-order valence-corrected chi connectivity index (χ4v) is 5.74. The molecule has 0 radical (unpaired) electrons. The van der Waals surface area contributed by atoms with Crippen molar-refractivity contribution in [3.63, 3.8) is 0 Å². The van der Waals surface area contributed by atoms with E-state index in [2.05, 4.69) is 23.3 Å². The minimum atomic E-state index is -0.203. The van der Waals surface area contributed by atoms with Crippen molar-refractivity contribution in [1.82, 2.24) is 14.4 Å². The molecule has 0 N–H and O–H groups in total. The number of amides is 1. The molecule has 2 heterocycles. The Balaban J connectivity index is 1.39. The fraction of sp³-hybridized carbons (Fsp3) is 0.520. The number of halogens is 2. The summed E-state index contributed by atoms with van der Waals surface area (Å²) in [7, 11) is 1.47. The lowest BCUT2D eigenvalue weighted by Crippen LogP contribution is -2.50. The Bertz CT molecular complexity index is 1050. The van der Waals surface area contributed by atoms with Gasteiger partial charge in [0, 0.05) is 49.2 Å². The third-order valence-corrected chi connectivity index (χ3v) is 7.59. The zero-order chi connectivity index (χ0) is 23.7. The normalized spacial score (nSPS) is 17.5. The molecule has 1 amide bonds. The van der Waals surface area contributed by atoms with Gasteiger partial charge < -0.3 is 14.2 Å². The van der Waals surface area contributed by atoms with Crippen molar-refractivity contribution in [2.45, 2.75) is 45.6 Å². The lowest BCUT2D eigenvalue weighted by atomic mass is 10.1. The monoisotopic (exact) mass is 491 g/mol. The van der Waals surface area contributed by atoms with Gasteiger partial charge >= 0.3 is 0 Å². The summed E-state index contributed by atoms with van der Waals surface area (Å²) in [5.41, 5.74) is 3.37. The summed E-state index contributed by atoms with van der Waals surface area (Å²) in [6, 6.07) is 5.79. The number of aryl methyl sites for hydroxylation is 1. The minimum absolute atomic E-state index is 0.145. The molecule has 0 unspecified atom stereocenters. The molecule has 4 rings (SSSR count). The van der Waals surface area contributed by atoms with Crippen LogP contribution in [0.1, 0.15) is 63.8 Å². The summed E-state index contributed by atoms with van der Waals surface area (Å²) in [6.07, 6.45) is 4.92. The van der Waals surface area contributed by atoms with Crippen LogP contribution in [0.5, 0.6) is 5.75 Å². The Hall–Kier alpha value is -2.02. The first-order valence-electron chi connectivity index (χ1n) is 11.6. The fourth-order valence-electron chi connectivity index (χ4n) is 5.27. The molecule has 0 bridgehead atoms. The number of methoxy groups -OCH3 is 1. The van der Waals surface area contributed by atoms with Gasteiger partial charge in [-0.2, -0.15) is 0 Å². The molecule has 1 aromatic carbocycles. The molecule has 1 aliphatic carbocycles. The molecule has 2 fully saturated rings. The van der Waals surface area contributed by atoms with Crippen LogP contribution in [0.15, 0.2) is 18.2 Å². The van der Waals surface area contributed by atoms with Crippen molar-refractivity contribution in [2.24, 2.45) is 0 Å². The van der Waals surface area contributed by atoms with E-state index in [1.807, 2.05) is 6.07 Å². The first kappa shape index (κ1) is 24.1. The molecule has 6 nitrogen and oxygen atoms in total. The summed E-state index contributed by atoms with van der Waals surface area (Å²) in [4.78, 5) is 30.1. The first-order chi connectivity index (χ1) is 15.8. The second kappa shape index (κ2) is 10.1. The first-order valence-corrected chi connectivity index (χ1v) is 12.3. The SMILES string of the molecule is COc1c(Cl)ccc(Cl)c1C(=O)N1CCN(CC(=O)c2cc(C)n(C3CCCC3)c2C)CC1. The average Bonchev–Trinajstić information content (AvgIpc) is 3.42. The van der Waals surface area contributed by atoms with E-state index < -0.39 is 0 Å². The van der Waals surface area contributed by atoms with Gasteiger partial charge in [0.15, 0.2) is 11.5 Å². The number of ketones is 1. The number of benzene rings is 1. The van der Waals surface area contributed by atoms with Crippen LogP contribution < -0.4 is 4.74 Å². The van der Waals surface area contributed by atoms with Crippen molar-refractivity contribution in [3.8, 4) is 5.75 Å². The van der Waals surface area contributed by atoms with Crippen molar-refractivity contribution >= 4 is 34.9 Å². The van der Waals surface area contributed by atoms with E-state index in [4.69, 9.17) is 27.9 Å². The standard InChI is InChI=1S/C25H31Cl2N3O3/c1-16-14-19(17(2)30(16)18-6-4-5-7-18)22(31)15-28-10-12-29(13-11-28)25(32)23-20(26)8-9-21(27)24(23)33-3/h8-9,14,18H,4-7,10-13,15H2,1-3H3. The summed E-state index contributed by atoms with van der Waals surface area (Å²) >= 11 is 12.5. The van der Waals surface area contributed by atoms with E-state index in [0.717, 1.165) is 11.3 Å². The Morgan fingerprint density at radius 1 is 1.03 bits per heavy atom. The third-order valence-electron chi connectivity index (χ3n) is 6.98. The number of carbonyl (C=O) groups is 2. The number of hydrogen-bond acceptors (Lipinski definition) is 4. The maximum absolute atomic E-state index is 13.1. The number of nitrogens with zero attached hydrogens (tertiary/aromatic N) is 3. The van der Waals surface area contributed by atoms with Crippen molar-refractivity contribution in [1.29, 1.82) is 0 Å². The summed E-state index contributed by atoms with van der Waals surface area (Å²) in [5.74, 6) is 0.238. The maximum Gasteiger partial charge on any atom is 0.259 e. The highest BCUT2D eigenvalue weighted by atomic mass is 35.5. The number of hydrogen-bond donors (Lipinski definition) is 0. The Kier molecular flexibility index (Phi) is 7.37. The molecule has 8 heteroatoms. The lowest BCUT2D eigenvalue weighted by molar-refractivity contribution is 0.0621. The van der Waals surface area contributed by atoms with Gasteiger partial charge in [-0.05, 0) is 44.9 Å². The van der Waals surface area contributed by atoms with E-state index in [-0.39, 0.29) is 17.3 Å². The van der Waals surface area contributed by atoms with Gasteiger partial charge in [0.05, 0.1) is 23.7 Å².